The van der Waals surface area contributed by atoms with Crippen molar-refractivity contribution >= 4 is 23.2 Å². The molecule has 0 N–H and O–H groups in total. The van der Waals surface area contributed by atoms with Crippen LogP contribution in [0.5, 0.6) is 0 Å². The van der Waals surface area contributed by atoms with E-state index in [4.69, 9.17) is 28.5 Å². The molecule has 64 valence electrons. The molecule has 0 fully saturated rings. The van der Waals surface area contributed by atoms with Gasteiger partial charge in [0, 0.05) is 5.92 Å². The predicted molar refractivity (Wildman–Crippen MR) is 48.9 cm³/mol. The zero-order valence-corrected chi connectivity index (χ0v) is 7.75. The van der Waals surface area contributed by atoms with Crippen molar-refractivity contribution in [3.05, 3.63) is 33.6 Å². The minimum Gasteiger partial charge on any atom is -0.207 e. The van der Waals surface area contributed by atoms with Gasteiger partial charge in [-0.1, -0.05) is 23.2 Å². The zero-order valence-electron chi connectivity index (χ0n) is 6.24. The second kappa shape index (κ2) is 4.14. The maximum Gasteiger partial charge on any atom is 0.152 e. The summed E-state index contributed by atoms with van der Waals surface area (Å²) in [7, 11) is 0. The number of hydrogen-bond acceptors (Lipinski definition) is 1. The maximum absolute atomic E-state index is 12.6. The minimum atomic E-state index is -0.530. The van der Waals surface area contributed by atoms with Crippen molar-refractivity contribution in [2.24, 2.45) is 0 Å². The number of halogens is 3. The molecular formula is C9H2Cl2FN. The van der Waals surface area contributed by atoms with Crippen molar-refractivity contribution in [1.29, 1.82) is 5.26 Å². The highest BCUT2D eigenvalue weighted by atomic mass is 35.5. The van der Waals surface area contributed by atoms with E-state index in [1.54, 1.807) is 6.07 Å². The molecule has 0 heterocycles. The normalized spacial score (nSPS) is 8.46. The molecule has 1 nitrogen and oxygen atoms in total. The molecule has 0 unspecified atom stereocenters. The molecule has 0 atom stereocenters. The number of nitriles is 1. The molecule has 1 aromatic carbocycles. The fourth-order valence-corrected chi connectivity index (χ4v) is 1.31. The van der Waals surface area contributed by atoms with E-state index in [0.717, 1.165) is 12.1 Å². The van der Waals surface area contributed by atoms with Crippen molar-refractivity contribution in [3.8, 4) is 17.9 Å². The average Bonchev–Trinajstić information content (AvgIpc) is 2.02. The lowest BCUT2D eigenvalue weighted by Gasteiger charge is -1.98. The van der Waals surface area contributed by atoms with Gasteiger partial charge in [-0.25, -0.2) is 4.39 Å². The smallest absolute Gasteiger partial charge is 0.152 e. The van der Waals surface area contributed by atoms with Crippen LogP contribution in [0.3, 0.4) is 0 Å². The van der Waals surface area contributed by atoms with Crippen LogP contribution in [0, 0.1) is 29.0 Å². The minimum absolute atomic E-state index is 0.104. The lowest BCUT2D eigenvalue weighted by atomic mass is 10.2. The lowest BCUT2D eigenvalue weighted by molar-refractivity contribution is 0.628. The molecule has 0 aliphatic heterocycles. The van der Waals surface area contributed by atoms with Crippen molar-refractivity contribution in [1.82, 2.24) is 0 Å². The number of benzene rings is 1. The van der Waals surface area contributed by atoms with Crippen LogP contribution in [-0.4, -0.2) is 0 Å². The predicted octanol–water partition coefficient (Wildman–Crippen LogP) is 3.01. The summed E-state index contributed by atoms with van der Waals surface area (Å²) in [6.45, 7) is 0. The van der Waals surface area contributed by atoms with Crippen LogP contribution in [0.2, 0.25) is 10.0 Å². The molecule has 0 aromatic heterocycles. The topological polar surface area (TPSA) is 23.8 Å². The second-order valence-electron chi connectivity index (χ2n) is 2.11. The molecule has 0 bridgehead atoms. The Morgan fingerprint density at radius 3 is 2.23 bits per heavy atom. The van der Waals surface area contributed by atoms with E-state index < -0.39 is 5.82 Å². The van der Waals surface area contributed by atoms with Gasteiger partial charge in [0.25, 0.3) is 0 Å². The van der Waals surface area contributed by atoms with Crippen LogP contribution in [0.25, 0.3) is 0 Å². The number of hydrogen-bond donors (Lipinski definition) is 0. The Balaban J connectivity index is 3.31. The summed E-state index contributed by atoms with van der Waals surface area (Å²) >= 11 is 11.3. The van der Waals surface area contributed by atoms with E-state index in [9.17, 15) is 4.39 Å². The van der Waals surface area contributed by atoms with E-state index in [1.807, 2.05) is 0 Å². The van der Waals surface area contributed by atoms with Gasteiger partial charge in [-0.15, -0.1) is 0 Å². The lowest BCUT2D eigenvalue weighted by Crippen LogP contribution is -1.82. The molecule has 0 spiro atoms. The number of nitrogens with zero attached hydrogens (tertiary/aromatic N) is 1. The summed E-state index contributed by atoms with van der Waals surface area (Å²) < 4.78 is 12.6. The van der Waals surface area contributed by atoms with E-state index in [0.29, 0.717) is 0 Å². The van der Waals surface area contributed by atoms with Crippen molar-refractivity contribution in [2.45, 2.75) is 0 Å². The molecule has 1 rings (SSSR count). The standard InChI is InChI=1S/C9H2Cl2FN/c10-8-4-6(12)5-9(11)7(8)2-1-3-13/h4-5H. The summed E-state index contributed by atoms with van der Waals surface area (Å²) in [6, 6.07) is 3.80. The van der Waals surface area contributed by atoms with Crippen LogP contribution < -0.4 is 0 Å². The monoisotopic (exact) mass is 213 g/mol. The first-order valence-electron chi connectivity index (χ1n) is 3.20. The maximum atomic E-state index is 12.6. The SMILES string of the molecule is N#CC#Cc1c(Cl)cc(F)cc1Cl. The van der Waals surface area contributed by atoms with Crippen LogP contribution >= 0.6 is 23.2 Å². The quantitative estimate of drug-likeness (QED) is 0.609. The van der Waals surface area contributed by atoms with Gasteiger partial charge in [0.05, 0.1) is 15.6 Å². The van der Waals surface area contributed by atoms with Gasteiger partial charge in [-0.3, -0.25) is 0 Å². The largest absolute Gasteiger partial charge is 0.207 e. The van der Waals surface area contributed by atoms with Crippen molar-refractivity contribution < 1.29 is 4.39 Å². The Bertz CT molecular complexity index is 414. The molecule has 0 saturated heterocycles. The summed E-state index contributed by atoms with van der Waals surface area (Å²) in [5.41, 5.74) is 0.270. The molecule has 0 amide bonds. The molecular weight excluding hydrogens is 212 g/mol. The molecule has 1 aromatic rings. The molecule has 0 saturated carbocycles. The molecule has 13 heavy (non-hydrogen) atoms. The summed E-state index contributed by atoms with van der Waals surface area (Å²) in [5, 5.41) is 8.39. The van der Waals surface area contributed by atoms with Gasteiger partial charge < -0.3 is 0 Å². The van der Waals surface area contributed by atoms with Gasteiger partial charge >= 0.3 is 0 Å². The first-order chi connectivity index (χ1) is 6.15. The Kier molecular flexibility index (Phi) is 3.14. The second-order valence-corrected chi connectivity index (χ2v) is 2.92. The summed E-state index contributed by atoms with van der Waals surface area (Å²) in [4.78, 5) is 0. The van der Waals surface area contributed by atoms with E-state index in [-0.39, 0.29) is 15.6 Å². The van der Waals surface area contributed by atoms with Crippen LogP contribution in [0.1, 0.15) is 5.56 Å². The van der Waals surface area contributed by atoms with Crippen LogP contribution in [0.15, 0.2) is 12.1 Å². The fourth-order valence-electron chi connectivity index (χ4n) is 0.752. The van der Waals surface area contributed by atoms with E-state index in [2.05, 4.69) is 11.8 Å². The zero-order chi connectivity index (χ0) is 9.84. The highest BCUT2D eigenvalue weighted by molar-refractivity contribution is 6.36. The van der Waals surface area contributed by atoms with Crippen LogP contribution in [-0.2, 0) is 0 Å². The first kappa shape index (κ1) is 9.86. The third kappa shape index (κ3) is 2.36. The third-order valence-electron chi connectivity index (χ3n) is 1.25. The third-order valence-corrected chi connectivity index (χ3v) is 1.85. The molecule has 0 aliphatic carbocycles. The Morgan fingerprint density at radius 2 is 1.77 bits per heavy atom. The Labute approximate surface area is 84.7 Å². The van der Waals surface area contributed by atoms with Crippen LogP contribution in [0.4, 0.5) is 4.39 Å². The van der Waals surface area contributed by atoms with Gasteiger partial charge in [0.2, 0.25) is 0 Å². The fraction of sp³-hybridized carbons (Fsp3) is 0. The van der Waals surface area contributed by atoms with Crippen molar-refractivity contribution in [2.75, 3.05) is 0 Å². The highest BCUT2D eigenvalue weighted by Gasteiger charge is 2.05. The Hall–Kier alpha value is -1.22. The molecule has 0 radical (unpaired) electrons. The van der Waals surface area contributed by atoms with Gasteiger partial charge in [0.1, 0.15) is 5.82 Å². The van der Waals surface area contributed by atoms with E-state index >= 15 is 0 Å². The molecule has 4 heteroatoms. The first-order valence-corrected chi connectivity index (χ1v) is 3.95. The highest BCUT2D eigenvalue weighted by Crippen LogP contribution is 2.24. The molecule has 0 aliphatic rings. The van der Waals surface area contributed by atoms with Crippen molar-refractivity contribution in [3.63, 3.8) is 0 Å². The number of rotatable bonds is 0. The van der Waals surface area contributed by atoms with E-state index in [1.165, 1.54) is 0 Å². The van der Waals surface area contributed by atoms with Gasteiger partial charge in [-0.2, -0.15) is 5.26 Å². The van der Waals surface area contributed by atoms with Gasteiger partial charge in [-0.05, 0) is 18.1 Å². The average molecular weight is 214 g/mol. The van der Waals surface area contributed by atoms with Gasteiger partial charge in [0.15, 0.2) is 6.07 Å². The Morgan fingerprint density at radius 1 is 1.23 bits per heavy atom. The summed E-state index contributed by atoms with van der Waals surface area (Å²) in [5.74, 6) is 4.02. The summed E-state index contributed by atoms with van der Waals surface area (Å²) in [6.07, 6.45) is 0.